The third-order valence-electron chi connectivity index (χ3n) is 6.70. The van der Waals surface area contributed by atoms with Crippen molar-refractivity contribution in [2.45, 2.75) is 31.7 Å². The van der Waals surface area contributed by atoms with Gasteiger partial charge in [0.25, 0.3) is 0 Å². The second kappa shape index (κ2) is 11.5. The average molecular weight is 514 g/mol. The lowest BCUT2D eigenvalue weighted by atomic mass is 9.94. The zero-order chi connectivity index (χ0) is 25.6. The molecule has 1 aliphatic rings. The highest BCUT2D eigenvalue weighted by atomic mass is 32.1. The van der Waals surface area contributed by atoms with Gasteiger partial charge in [0, 0.05) is 17.8 Å². The van der Waals surface area contributed by atoms with Gasteiger partial charge in [-0.2, -0.15) is 0 Å². The smallest absolute Gasteiger partial charge is 0.228 e. The molecule has 0 saturated carbocycles. The van der Waals surface area contributed by atoms with E-state index >= 15 is 0 Å². The Morgan fingerprint density at radius 2 is 1.54 bits per heavy atom. The fourth-order valence-electron chi connectivity index (χ4n) is 4.90. The number of carbonyl (C=O) groups excluding carboxylic acids is 2. The third kappa shape index (κ3) is 6.52. The minimum absolute atomic E-state index is 0.0133. The van der Waals surface area contributed by atoms with Gasteiger partial charge in [0.2, 0.25) is 5.91 Å². The monoisotopic (exact) mass is 513 g/mol. The van der Waals surface area contributed by atoms with Crippen molar-refractivity contribution in [2.75, 3.05) is 6.54 Å². The van der Waals surface area contributed by atoms with Gasteiger partial charge in [0.05, 0.1) is 12.5 Å². The van der Waals surface area contributed by atoms with Crippen LogP contribution in [0.2, 0.25) is 0 Å². The van der Waals surface area contributed by atoms with Gasteiger partial charge >= 0.3 is 0 Å². The van der Waals surface area contributed by atoms with Crippen LogP contribution < -0.4 is 4.74 Å². The summed E-state index contributed by atoms with van der Waals surface area (Å²) in [6.07, 6.45) is 2.11. The third-order valence-corrected chi connectivity index (χ3v) is 7.58. The van der Waals surface area contributed by atoms with Gasteiger partial charge in [-0.3, -0.25) is 9.59 Å². The lowest BCUT2D eigenvalue weighted by Crippen LogP contribution is -2.42. The van der Waals surface area contributed by atoms with Crippen LogP contribution in [0.3, 0.4) is 0 Å². The molecular formula is C31H28FNO3S. The van der Waals surface area contributed by atoms with Crippen molar-refractivity contribution < 1.29 is 18.7 Å². The molecule has 4 aromatic rings. The molecule has 1 aromatic heterocycles. The Morgan fingerprint density at radius 1 is 0.838 bits per heavy atom. The number of ether oxygens (including phenoxy) is 1. The minimum atomic E-state index is -0.420. The number of benzene rings is 3. The van der Waals surface area contributed by atoms with Crippen LogP contribution in [0.25, 0.3) is 0 Å². The van der Waals surface area contributed by atoms with Crippen LogP contribution >= 0.6 is 11.3 Å². The Labute approximate surface area is 220 Å². The van der Waals surface area contributed by atoms with E-state index in [1.807, 2.05) is 52.7 Å². The maximum atomic E-state index is 13.5. The van der Waals surface area contributed by atoms with Gasteiger partial charge in [-0.15, -0.1) is 11.3 Å². The number of amides is 1. The molecule has 1 aliphatic heterocycles. The topological polar surface area (TPSA) is 46.6 Å². The van der Waals surface area contributed by atoms with Crippen molar-refractivity contribution >= 4 is 23.0 Å². The van der Waals surface area contributed by atoms with Gasteiger partial charge in [0.1, 0.15) is 17.3 Å². The molecule has 5 rings (SSSR count). The number of ketones is 1. The highest BCUT2D eigenvalue weighted by Gasteiger charge is 2.39. The number of likely N-dealkylation sites (tertiary alicyclic amines) is 1. The average Bonchev–Trinajstić information content (AvgIpc) is 3.57. The van der Waals surface area contributed by atoms with E-state index in [9.17, 15) is 14.0 Å². The molecule has 3 aromatic carbocycles. The van der Waals surface area contributed by atoms with Crippen LogP contribution in [-0.4, -0.2) is 29.2 Å². The Bertz CT molecular complexity index is 1320. The summed E-state index contributed by atoms with van der Waals surface area (Å²) in [5.41, 5.74) is 2.09. The van der Waals surface area contributed by atoms with Gasteiger partial charge in [-0.1, -0.05) is 48.5 Å². The minimum Gasteiger partial charge on any atom is -0.457 e. The van der Waals surface area contributed by atoms with Crippen molar-refractivity contribution in [2.24, 2.45) is 5.92 Å². The lowest BCUT2D eigenvalue weighted by Gasteiger charge is -2.23. The van der Waals surface area contributed by atoms with Crippen LogP contribution in [0.5, 0.6) is 11.5 Å². The summed E-state index contributed by atoms with van der Waals surface area (Å²) in [7, 11) is 0. The van der Waals surface area contributed by atoms with E-state index in [1.165, 1.54) is 17.7 Å². The number of Topliss-reactive ketones (excluding diaryl/α,β-unsaturated/α-hetero) is 1. The molecule has 6 heteroatoms. The second-order valence-corrected chi connectivity index (χ2v) is 10.5. The van der Waals surface area contributed by atoms with Crippen molar-refractivity contribution in [3.63, 3.8) is 0 Å². The first kappa shape index (κ1) is 24.9. The molecule has 2 heterocycles. The van der Waals surface area contributed by atoms with Crippen LogP contribution in [0.15, 0.2) is 96.4 Å². The standard InChI is InChI=1S/C31H28FNO3S/c32-25-10-14-27(15-11-25)36-26-12-8-23(9-13-26)19-30(34)29-18-24(17-22-5-2-1-3-6-22)21-33(29)31(35)20-28-7-4-16-37-28/h1-16,24,29H,17-21H2/t24-,29+/m1/s1. The van der Waals surface area contributed by atoms with Crippen molar-refractivity contribution in [3.8, 4) is 11.5 Å². The Morgan fingerprint density at radius 3 is 2.22 bits per heavy atom. The fourth-order valence-corrected chi connectivity index (χ4v) is 5.59. The van der Waals surface area contributed by atoms with Gasteiger partial charge in [-0.05, 0) is 77.7 Å². The number of hydrogen-bond donors (Lipinski definition) is 0. The molecule has 0 aliphatic carbocycles. The van der Waals surface area contributed by atoms with Crippen LogP contribution in [0.4, 0.5) is 4.39 Å². The zero-order valence-corrected chi connectivity index (χ0v) is 21.2. The van der Waals surface area contributed by atoms with Crippen molar-refractivity contribution in [3.05, 3.63) is 118 Å². The van der Waals surface area contributed by atoms with Gasteiger partial charge in [-0.25, -0.2) is 4.39 Å². The van der Waals surface area contributed by atoms with Crippen molar-refractivity contribution in [1.82, 2.24) is 4.90 Å². The molecular weight excluding hydrogens is 485 g/mol. The molecule has 0 radical (unpaired) electrons. The molecule has 1 amide bonds. The highest BCUT2D eigenvalue weighted by Crippen LogP contribution is 2.29. The first-order valence-corrected chi connectivity index (χ1v) is 13.3. The summed E-state index contributed by atoms with van der Waals surface area (Å²) >= 11 is 1.57. The van der Waals surface area contributed by atoms with Crippen LogP contribution in [-0.2, 0) is 28.9 Å². The summed E-state index contributed by atoms with van der Waals surface area (Å²) in [6, 6.07) is 26.9. The van der Waals surface area contributed by atoms with Gasteiger partial charge in [0.15, 0.2) is 5.78 Å². The van der Waals surface area contributed by atoms with E-state index in [2.05, 4.69) is 12.1 Å². The van der Waals surface area contributed by atoms with E-state index in [0.29, 0.717) is 30.9 Å². The largest absolute Gasteiger partial charge is 0.457 e. The number of halogens is 1. The number of rotatable bonds is 9. The zero-order valence-electron chi connectivity index (χ0n) is 20.4. The number of hydrogen-bond acceptors (Lipinski definition) is 4. The molecule has 188 valence electrons. The molecule has 0 N–H and O–H groups in total. The molecule has 4 nitrogen and oxygen atoms in total. The van der Waals surface area contributed by atoms with Crippen molar-refractivity contribution in [1.29, 1.82) is 0 Å². The molecule has 37 heavy (non-hydrogen) atoms. The predicted octanol–water partition coefficient (Wildman–Crippen LogP) is 6.49. The number of carbonyl (C=O) groups is 2. The van der Waals surface area contributed by atoms with Gasteiger partial charge < -0.3 is 9.64 Å². The summed E-state index contributed by atoms with van der Waals surface area (Å²) in [4.78, 5) is 29.6. The molecule has 1 fully saturated rings. The second-order valence-electron chi connectivity index (χ2n) is 9.45. The quantitative estimate of drug-likeness (QED) is 0.257. The van der Waals surface area contributed by atoms with E-state index in [1.54, 1.807) is 35.6 Å². The molecule has 1 saturated heterocycles. The first-order valence-electron chi connectivity index (χ1n) is 12.4. The predicted molar refractivity (Wildman–Crippen MR) is 143 cm³/mol. The Kier molecular flexibility index (Phi) is 7.76. The van der Waals surface area contributed by atoms with Crippen LogP contribution in [0.1, 0.15) is 22.4 Å². The SMILES string of the molecule is O=C(Cc1ccc(Oc2ccc(F)cc2)cc1)[C@@H]1C[C@@H](Cc2ccccc2)CN1C(=O)Cc1cccs1. The Balaban J connectivity index is 1.26. The summed E-state index contributed by atoms with van der Waals surface area (Å²) in [6.45, 7) is 0.597. The summed E-state index contributed by atoms with van der Waals surface area (Å²) in [5, 5.41) is 1.97. The maximum Gasteiger partial charge on any atom is 0.228 e. The fraction of sp³-hybridized carbons (Fsp3) is 0.226. The van der Waals surface area contributed by atoms with E-state index in [-0.39, 0.29) is 29.8 Å². The van der Waals surface area contributed by atoms with E-state index < -0.39 is 6.04 Å². The summed E-state index contributed by atoms with van der Waals surface area (Å²) in [5.74, 6) is 1.15. The Hall–Kier alpha value is -3.77. The van der Waals surface area contributed by atoms with E-state index in [4.69, 9.17) is 4.74 Å². The maximum absolute atomic E-state index is 13.5. The lowest BCUT2D eigenvalue weighted by molar-refractivity contribution is -0.136. The number of nitrogens with zero attached hydrogens (tertiary/aromatic N) is 1. The molecule has 0 bridgehead atoms. The van der Waals surface area contributed by atoms with E-state index in [0.717, 1.165) is 16.9 Å². The normalized spacial score (nSPS) is 17.1. The van der Waals surface area contributed by atoms with Crippen LogP contribution in [0, 0.1) is 11.7 Å². The molecule has 0 spiro atoms. The first-order chi connectivity index (χ1) is 18.0. The molecule has 2 atom stereocenters. The highest BCUT2D eigenvalue weighted by molar-refractivity contribution is 7.10. The summed E-state index contributed by atoms with van der Waals surface area (Å²) < 4.78 is 18.9. The molecule has 0 unspecified atom stereocenters. The number of thiophene rings is 1.